The molecule has 0 N–H and O–H groups in total. The van der Waals surface area contributed by atoms with Crippen LogP contribution in [0.1, 0.15) is 104 Å². The van der Waals surface area contributed by atoms with Crippen molar-refractivity contribution in [3.05, 3.63) is 18.7 Å². The lowest BCUT2D eigenvalue weighted by molar-refractivity contribution is -0.683. The van der Waals surface area contributed by atoms with Gasteiger partial charge < -0.3 is 17.0 Å². The average Bonchev–Trinajstić information content (AvgIpc) is 3.01. The van der Waals surface area contributed by atoms with Crippen molar-refractivity contribution in [2.24, 2.45) is 0 Å². The van der Waals surface area contributed by atoms with Gasteiger partial charge in [0.15, 0.2) is 5.78 Å². The van der Waals surface area contributed by atoms with Gasteiger partial charge in [-0.1, -0.05) is 84.0 Å². The van der Waals surface area contributed by atoms with Crippen LogP contribution in [-0.2, 0) is 17.9 Å². The molecule has 0 aliphatic rings. The summed E-state index contributed by atoms with van der Waals surface area (Å²) < 4.78 is 4.16. The van der Waals surface area contributed by atoms with E-state index < -0.39 is 0 Å². The van der Waals surface area contributed by atoms with Crippen molar-refractivity contribution >= 4 is 5.78 Å². The van der Waals surface area contributed by atoms with E-state index in [2.05, 4.69) is 17.7 Å². The maximum Gasteiger partial charge on any atom is 0.244 e. The summed E-state index contributed by atoms with van der Waals surface area (Å²) >= 11 is 0. The summed E-state index contributed by atoms with van der Waals surface area (Å²) in [5.41, 5.74) is 0. The number of unbranched alkanes of at least 4 members (excludes halogenated alkanes) is 13. The normalized spacial score (nSPS) is 10.7. The van der Waals surface area contributed by atoms with E-state index in [4.69, 9.17) is 0 Å². The van der Waals surface area contributed by atoms with Crippen molar-refractivity contribution in [2.75, 3.05) is 0 Å². The molecule has 1 rings (SSSR count). The summed E-state index contributed by atoms with van der Waals surface area (Å²) in [7, 11) is 0. The molecule has 1 heterocycles. The van der Waals surface area contributed by atoms with Crippen LogP contribution in [0.25, 0.3) is 0 Å². The minimum absolute atomic E-state index is 0. The second-order valence-electron chi connectivity index (χ2n) is 7.62. The average molecular weight is 429 g/mol. The number of halogens is 1. The molecule has 26 heavy (non-hydrogen) atoms. The molecule has 152 valence electrons. The van der Waals surface area contributed by atoms with Crippen LogP contribution < -0.4 is 21.5 Å². The molecular formula is C22H41BrN2O. The van der Waals surface area contributed by atoms with Gasteiger partial charge in [0, 0.05) is 0 Å². The van der Waals surface area contributed by atoms with Crippen molar-refractivity contribution in [1.29, 1.82) is 0 Å². The lowest BCUT2D eigenvalue weighted by Gasteiger charge is -2.03. The van der Waals surface area contributed by atoms with Crippen molar-refractivity contribution < 1.29 is 26.3 Å². The van der Waals surface area contributed by atoms with E-state index in [1.54, 1.807) is 6.92 Å². The maximum absolute atomic E-state index is 11.1. The van der Waals surface area contributed by atoms with Gasteiger partial charge in [-0.3, -0.25) is 4.79 Å². The van der Waals surface area contributed by atoms with Crippen LogP contribution in [0.5, 0.6) is 0 Å². The standard InChI is InChI=1S/C22H41N2O.BrH/c1-3-4-5-6-7-8-9-10-11-12-13-14-15-16-17-23-18-19-24(21-23)20-22(2)25;/h18-19,21H,3-17,20H2,1-2H3;1H/q+1;/p-1. The fraction of sp³-hybridized carbons (Fsp3) is 0.818. The van der Waals surface area contributed by atoms with Crippen LogP contribution in [-0.4, -0.2) is 10.4 Å². The Morgan fingerprint density at radius 3 is 1.73 bits per heavy atom. The molecule has 1 aromatic heterocycles. The Balaban J connectivity index is 0.00000625. The SMILES string of the molecule is CCCCCCCCCCCCCCCCn1cc[n+](CC(C)=O)c1.[Br-]. The van der Waals surface area contributed by atoms with Gasteiger partial charge in [-0.05, 0) is 19.8 Å². The Kier molecular flexibility index (Phi) is 17.3. The van der Waals surface area contributed by atoms with E-state index in [0.717, 1.165) is 6.54 Å². The van der Waals surface area contributed by atoms with Gasteiger partial charge in [-0.2, -0.15) is 0 Å². The van der Waals surface area contributed by atoms with Crippen LogP contribution in [0.3, 0.4) is 0 Å². The molecule has 0 atom stereocenters. The summed E-state index contributed by atoms with van der Waals surface area (Å²) in [6.45, 7) is 5.48. The number of rotatable bonds is 17. The second kappa shape index (κ2) is 17.8. The van der Waals surface area contributed by atoms with E-state index in [1.165, 1.54) is 89.9 Å². The van der Waals surface area contributed by atoms with E-state index in [-0.39, 0.29) is 22.8 Å². The van der Waals surface area contributed by atoms with E-state index in [0.29, 0.717) is 6.54 Å². The van der Waals surface area contributed by atoms with Gasteiger partial charge >= 0.3 is 0 Å². The molecule has 3 nitrogen and oxygen atoms in total. The molecule has 0 saturated heterocycles. The minimum atomic E-state index is 0. The number of aromatic nitrogens is 2. The third-order valence-electron chi connectivity index (χ3n) is 4.92. The highest BCUT2D eigenvalue weighted by Crippen LogP contribution is 2.13. The number of ketones is 1. The predicted molar refractivity (Wildman–Crippen MR) is 106 cm³/mol. The molecule has 0 spiro atoms. The third kappa shape index (κ3) is 14.5. The number of imidazole rings is 1. The van der Waals surface area contributed by atoms with Gasteiger partial charge in [0.05, 0.1) is 6.54 Å². The van der Waals surface area contributed by atoms with Gasteiger partial charge in [0.2, 0.25) is 6.33 Å². The van der Waals surface area contributed by atoms with Crippen LogP contribution in [0.15, 0.2) is 18.7 Å². The fourth-order valence-electron chi connectivity index (χ4n) is 3.41. The number of hydrogen-bond acceptors (Lipinski definition) is 1. The molecule has 0 aromatic carbocycles. The first-order valence-electron chi connectivity index (χ1n) is 10.8. The number of hydrogen-bond donors (Lipinski definition) is 0. The molecule has 0 bridgehead atoms. The predicted octanol–water partition coefficient (Wildman–Crippen LogP) is 2.85. The molecule has 0 amide bonds. The zero-order valence-electron chi connectivity index (χ0n) is 17.2. The summed E-state index contributed by atoms with van der Waals surface area (Å²) in [6, 6.07) is 0. The zero-order valence-corrected chi connectivity index (χ0v) is 18.8. The van der Waals surface area contributed by atoms with Gasteiger partial charge in [-0.15, -0.1) is 0 Å². The summed E-state index contributed by atoms with van der Waals surface area (Å²) in [6.07, 6.45) is 25.7. The van der Waals surface area contributed by atoms with Crippen molar-refractivity contribution in [2.45, 2.75) is 117 Å². The molecular weight excluding hydrogens is 388 g/mol. The highest BCUT2D eigenvalue weighted by Gasteiger charge is 2.05. The lowest BCUT2D eigenvalue weighted by atomic mass is 10.0. The summed E-state index contributed by atoms with van der Waals surface area (Å²) in [5.74, 6) is 0.208. The topological polar surface area (TPSA) is 25.9 Å². The summed E-state index contributed by atoms with van der Waals surface area (Å²) in [4.78, 5) is 11.1. The van der Waals surface area contributed by atoms with Crippen molar-refractivity contribution in [3.8, 4) is 0 Å². The van der Waals surface area contributed by atoms with Crippen LogP contribution in [0.4, 0.5) is 0 Å². The van der Waals surface area contributed by atoms with Crippen LogP contribution in [0.2, 0.25) is 0 Å². The van der Waals surface area contributed by atoms with Gasteiger partial charge in [0.25, 0.3) is 0 Å². The number of nitrogens with zero attached hydrogens (tertiary/aromatic N) is 2. The first-order valence-corrected chi connectivity index (χ1v) is 10.8. The molecule has 0 fully saturated rings. The first-order chi connectivity index (χ1) is 12.2. The van der Waals surface area contributed by atoms with E-state index >= 15 is 0 Å². The monoisotopic (exact) mass is 428 g/mol. The van der Waals surface area contributed by atoms with E-state index in [9.17, 15) is 4.79 Å². The first kappa shape index (κ1) is 25.4. The smallest absolute Gasteiger partial charge is 0.244 e. The van der Waals surface area contributed by atoms with E-state index in [1.807, 2.05) is 17.1 Å². The minimum Gasteiger partial charge on any atom is -1.00 e. The van der Waals surface area contributed by atoms with Crippen LogP contribution >= 0.6 is 0 Å². The molecule has 0 saturated carbocycles. The zero-order chi connectivity index (χ0) is 18.2. The fourth-order valence-corrected chi connectivity index (χ4v) is 3.41. The Morgan fingerprint density at radius 2 is 1.27 bits per heavy atom. The summed E-state index contributed by atoms with van der Waals surface area (Å²) in [5, 5.41) is 0. The quantitative estimate of drug-likeness (QED) is 0.276. The van der Waals surface area contributed by atoms with Gasteiger partial charge in [0.1, 0.15) is 18.9 Å². The number of Topliss-reactive ketones (excluding diaryl/α,β-unsaturated/α-hetero) is 1. The molecule has 0 unspecified atom stereocenters. The van der Waals surface area contributed by atoms with Crippen molar-refractivity contribution in [1.82, 2.24) is 4.57 Å². The van der Waals surface area contributed by atoms with Gasteiger partial charge in [-0.25, -0.2) is 9.13 Å². The Hall–Kier alpha value is -0.640. The number of carbonyl (C=O) groups excluding carboxylic acids is 1. The van der Waals surface area contributed by atoms with Crippen LogP contribution in [0, 0.1) is 0 Å². The highest BCUT2D eigenvalue weighted by atomic mass is 79.9. The molecule has 0 aliphatic carbocycles. The lowest BCUT2D eigenvalue weighted by Crippen LogP contribution is -3.00. The Labute approximate surface area is 172 Å². The highest BCUT2D eigenvalue weighted by molar-refractivity contribution is 5.73. The molecule has 1 aromatic rings. The number of carbonyl (C=O) groups is 1. The molecule has 0 aliphatic heterocycles. The Bertz CT molecular complexity index is 445. The second-order valence-corrected chi connectivity index (χ2v) is 7.62. The third-order valence-corrected chi connectivity index (χ3v) is 4.92. The molecule has 0 radical (unpaired) electrons. The number of aryl methyl sites for hydroxylation is 1. The van der Waals surface area contributed by atoms with Crippen molar-refractivity contribution in [3.63, 3.8) is 0 Å². The Morgan fingerprint density at radius 1 is 0.808 bits per heavy atom. The molecule has 4 heteroatoms. The largest absolute Gasteiger partial charge is 1.00 e. The maximum atomic E-state index is 11.1.